The van der Waals surface area contributed by atoms with Gasteiger partial charge in [0.15, 0.2) is 0 Å². The average Bonchev–Trinajstić information content (AvgIpc) is 2.54. The van der Waals surface area contributed by atoms with Crippen molar-refractivity contribution in [3.63, 3.8) is 0 Å². The van der Waals surface area contributed by atoms with Gasteiger partial charge in [-0.25, -0.2) is 0 Å². The lowest BCUT2D eigenvalue weighted by atomic mass is 9.78. The van der Waals surface area contributed by atoms with E-state index in [1.165, 1.54) is 0 Å². The Bertz CT molecular complexity index is 589. The molecule has 6 heteroatoms. The Morgan fingerprint density at radius 2 is 1.87 bits per heavy atom. The van der Waals surface area contributed by atoms with E-state index in [9.17, 15) is 18.0 Å². The first-order valence-electron chi connectivity index (χ1n) is 7.70. The van der Waals surface area contributed by atoms with E-state index in [4.69, 9.17) is 5.26 Å². The topological polar surface area (TPSA) is 52.9 Å². The van der Waals surface area contributed by atoms with Crippen LogP contribution in [0.5, 0.6) is 0 Å². The van der Waals surface area contributed by atoms with Crippen LogP contribution >= 0.6 is 0 Å². The van der Waals surface area contributed by atoms with Gasteiger partial charge in [0.05, 0.1) is 23.6 Å². The summed E-state index contributed by atoms with van der Waals surface area (Å²) in [6.07, 6.45) is -2.88. The molecule has 1 fully saturated rings. The summed E-state index contributed by atoms with van der Waals surface area (Å²) in [5.41, 5.74) is 1.26. The molecule has 1 aliphatic rings. The Labute approximate surface area is 133 Å². The molecule has 1 aromatic carbocycles. The first-order chi connectivity index (χ1) is 10.8. The molecule has 3 nitrogen and oxygen atoms in total. The summed E-state index contributed by atoms with van der Waals surface area (Å²) in [4.78, 5) is 12.3. The molecule has 2 rings (SSSR count). The Morgan fingerprint density at radius 3 is 2.43 bits per heavy atom. The molecule has 1 aliphatic carbocycles. The van der Waals surface area contributed by atoms with Gasteiger partial charge < -0.3 is 5.32 Å². The van der Waals surface area contributed by atoms with Crippen molar-refractivity contribution in [3.05, 3.63) is 35.4 Å². The highest BCUT2D eigenvalue weighted by atomic mass is 19.4. The third-order valence-corrected chi connectivity index (χ3v) is 4.42. The molecule has 0 bridgehead atoms. The monoisotopic (exact) mass is 324 g/mol. The summed E-state index contributed by atoms with van der Waals surface area (Å²) in [5, 5.41) is 11.4. The molecule has 0 spiro atoms. The van der Waals surface area contributed by atoms with Crippen LogP contribution in [0.2, 0.25) is 0 Å². The lowest BCUT2D eigenvalue weighted by Gasteiger charge is -2.32. The highest BCUT2D eigenvalue weighted by Crippen LogP contribution is 2.41. The summed E-state index contributed by atoms with van der Waals surface area (Å²) >= 11 is 0. The molecule has 0 heterocycles. The maximum Gasteiger partial charge on any atom is 0.392 e. The normalized spacial score (nSPS) is 22.9. The number of alkyl halides is 3. The SMILES string of the molecule is CC(NC(=O)C1CCCCC1C(F)(F)F)c1ccc(C#N)cc1. The van der Waals surface area contributed by atoms with E-state index in [0.717, 1.165) is 5.56 Å². The predicted octanol–water partition coefficient (Wildman–Crippen LogP) is 4.10. The minimum atomic E-state index is -4.33. The van der Waals surface area contributed by atoms with E-state index >= 15 is 0 Å². The van der Waals surface area contributed by atoms with Crippen LogP contribution in [0.4, 0.5) is 13.2 Å². The predicted molar refractivity (Wildman–Crippen MR) is 79.2 cm³/mol. The Morgan fingerprint density at radius 1 is 1.26 bits per heavy atom. The lowest BCUT2D eigenvalue weighted by molar-refractivity contribution is -0.198. The van der Waals surface area contributed by atoms with Crippen LogP contribution in [0, 0.1) is 23.2 Å². The third-order valence-electron chi connectivity index (χ3n) is 4.42. The molecule has 124 valence electrons. The number of hydrogen-bond donors (Lipinski definition) is 1. The van der Waals surface area contributed by atoms with Crippen molar-refractivity contribution in [2.45, 2.75) is 44.8 Å². The maximum absolute atomic E-state index is 13.1. The first-order valence-corrected chi connectivity index (χ1v) is 7.70. The van der Waals surface area contributed by atoms with E-state index in [1.54, 1.807) is 31.2 Å². The van der Waals surface area contributed by atoms with Crippen molar-refractivity contribution in [1.29, 1.82) is 5.26 Å². The second kappa shape index (κ2) is 7.03. The van der Waals surface area contributed by atoms with Gasteiger partial charge in [-0.15, -0.1) is 0 Å². The van der Waals surface area contributed by atoms with Crippen molar-refractivity contribution in [2.75, 3.05) is 0 Å². The molecule has 1 N–H and O–H groups in total. The van der Waals surface area contributed by atoms with Gasteiger partial charge in [0.1, 0.15) is 0 Å². The van der Waals surface area contributed by atoms with Crippen LogP contribution in [-0.4, -0.2) is 12.1 Å². The standard InChI is InChI=1S/C17H19F3N2O/c1-11(13-8-6-12(10-21)7-9-13)22-16(23)14-4-2-3-5-15(14)17(18,19)20/h6-9,11,14-15H,2-5H2,1H3,(H,22,23). The fourth-order valence-corrected chi connectivity index (χ4v) is 3.09. The molecular formula is C17H19F3N2O. The molecule has 0 radical (unpaired) electrons. The number of hydrogen-bond acceptors (Lipinski definition) is 2. The van der Waals surface area contributed by atoms with Crippen LogP contribution < -0.4 is 5.32 Å². The zero-order chi connectivity index (χ0) is 17.0. The number of nitrogens with zero attached hydrogens (tertiary/aromatic N) is 1. The number of carbonyl (C=O) groups excluding carboxylic acids is 1. The summed E-state index contributed by atoms with van der Waals surface area (Å²) in [6, 6.07) is 8.24. The van der Waals surface area contributed by atoms with Crippen molar-refractivity contribution >= 4 is 5.91 Å². The largest absolute Gasteiger partial charge is 0.392 e. The molecule has 1 amide bonds. The van der Waals surface area contributed by atoms with Gasteiger partial charge in [-0.3, -0.25) is 4.79 Å². The molecule has 1 saturated carbocycles. The minimum absolute atomic E-state index is 0.0207. The maximum atomic E-state index is 13.1. The van der Waals surface area contributed by atoms with Gasteiger partial charge in [-0.05, 0) is 37.5 Å². The summed E-state index contributed by atoms with van der Waals surface area (Å²) in [6.45, 7) is 1.73. The fourth-order valence-electron chi connectivity index (χ4n) is 3.09. The van der Waals surface area contributed by atoms with E-state index in [1.807, 2.05) is 6.07 Å². The van der Waals surface area contributed by atoms with Crippen LogP contribution in [0.25, 0.3) is 0 Å². The van der Waals surface area contributed by atoms with Crippen LogP contribution in [0.1, 0.15) is 49.8 Å². The third kappa shape index (κ3) is 4.25. The molecule has 0 saturated heterocycles. The number of nitrogens with one attached hydrogen (secondary N) is 1. The number of nitriles is 1. The second-order valence-corrected chi connectivity index (χ2v) is 6.00. The zero-order valence-corrected chi connectivity index (χ0v) is 12.9. The van der Waals surface area contributed by atoms with E-state index < -0.39 is 30.0 Å². The van der Waals surface area contributed by atoms with Crippen LogP contribution in [0.15, 0.2) is 24.3 Å². The van der Waals surface area contributed by atoms with Gasteiger partial charge in [-0.1, -0.05) is 25.0 Å². The summed E-state index contributed by atoms with van der Waals surface area (Å²) < 4.78 is 39.3. The van der Waals surface area contributed by atoms with Crippen LogP contribution in [-0.2, 0) is 4.79 Å². The highest BCUT2D eigenvalue weighted by molar-refractivity contribution is 5.79. The fraction of sp³-hybridized carbons (Fsp3) is 0.529. The lowest BCUT2D eigenvalue weighted by Crippen LogP contribution is -2.43. The van der Waals surface area contributed by atoms with Gasteiger partial charge in [0, 0.05) is 5.92 Å². The minimum Gasteiger partial charge on any atom is -0.349 e. The molecule has 1 aromatic rings. The van der Waals surface area contributed by atoms with Gasteiger partial charge in [0.2, 0.25) is 5.91 Å². The molecule has 23 heavy (non-hydrogen) atoms. The average molecular weight is 324 g/mol. The molecule has 0 aliphatic heterocycles. The Hall–Kier alpha value is -2.03. The first kappa shape index (κ1) is 17.3. The van der Waals surface area contributed by atoms with E-state index in [-0.39, 0.29) is 12.8 Å². The van der Waals surface area contributed by atoms with Gasteiger partial charge in [-0.2, -0.15) is 18.4 Å². The van der Waals surface area contributed by atoms with E-state index in [0.29, 0.717) is 18.4 Å². The van der Waals surface area contributed by atoms with Gasteiger partial charge in [0.25, 0.3) is 0 Å². The zero-order valence-electron chi connectivity index (χ0n) is 12.9. The molecule has 3 atom stereocenters. The van der Waals surface area contributed by atoms with Crippen molar-refractivity contribution in [3.8, 4) is 6.07 Å². The number of halogens is 3. The molecule has 3 unspecified atom stereocenters. The number of rotatable bonds is 3. The Balaban J connectivity index is 2.05. The van der Waals surface area contributed by atoms with Gasteiger partial charge >= 0.3 is 6.18 Å². The van der Waals surface area contributed by atoms with Crippen molar-refractivity contribution in [2.24, 2.45) is 11.8 Å². The Kier molecular flexibility index (Phi) is 5.30. The second-order valence-electron chi connectivity index (χ2n) is 6.00. The van der Waals surface area contributed by atoms with Crippen molar-refractivity contribution < 1.29 is 18.0 Å². The smallest absolute Gasteiger partial charge is 0.349 e. The number of carbonyl (C=O) groups is 1. The summed E-state index contributed by atoms with van der Waals surface area (Å²) in [7, 11) is 0. The molecular weight excluding hydrogens is 305 g/mol. The van der Waals surface area contributed by atoms with Crippen molar-refractivity contribution in [1.82, 2.24) is 5.32 Å². The molecule has 0 aromatic heterocycles. The number of amides is 1. The van der Waals surface area contributed by atoms with E-state index in [2.05, 4.69) is 5.32 Å². The highest BCUT2D eigenvalue weighted by Gasteiger charge is 2.48. The quantitative estimate of drug-likeness (QED) is 0.910. The summed E-state index contributed by atoms with van der Waals surface area (Å²) in [5.74, 6) is -3.10. The van der Waals surface area contributed by atoms with Crippen LogP contribution in [0.3, 0.4) is 0 Å². The number of benzene rings is 1.